The van der Waals surface area contributed by atoms with E-state index in [9.17, 15) is 9.59 Å². The summed E-state index contributed by atoms with van der Waals surface area (Å²) < 4.78 is 0.874. The normalized spacial score (nSPS) is 19.8. The first-order valence-corrected chi connectivity index (χ1v) is 7.19. The van der Waals surface area contributed by atoms with Crippen LogP contribution in [0.25, 0.3) is 0 Å². The second-order valence-corrected chi connectivity index (χ2v) is 6.37. The largest absolute Gasteiger partial charge is 0.348 e. The predicted octanol–water partition coefficient (Wildman–Crippen LogP) is 1.71. The first-order chi connectivity index (χ1) is 9.23. The number of nitrogens with one attached hydrogen (secondary N) is 1. The van der Waals surface area contributed by atoms with Crippen molar-refractivity contribution in [2.75, 3.05) is 11.4 Å². The van der Waals surface area contributed by atoms with Crippen LogP contribution >= 0.6 is 15.9 Å². The van der Waals surface area contributed by atoms with Gasteiger partial charge in [-0.15, -0.1) is 0 Å². The highest BCUT2D eigenvalue weighted by Gasteiger charge is 2.41. The van der Waals surface area contributed by atoms with Crippen LogP contribution in [0.5, 0.6) is 0 Å². The van der Waals surface area contributed by atoms with Gasteiger partial charge in [0.25, 0.3) is 5.91 Å². The summed E-state index contributed by atoms with van der Waals surface area (Å²) in [6.45, 7) is 5.65. The molecule has 1 aliphatic heterocycles. The van der Waals surface area contributed by atoms with Gasteiger partial charge in [-0.3, -0.25) is 14.9 Å². The molecule has 0 aromatic heterocycles. The molecule has 1 aromatic rings. The Balaban J connectivity index is 2.42. The molecule has 2 rings (SSSR count). The van der Waals surface area contributed by atoms with E-state index in [0.29, 0.717) is 0 Å². The van der Waals surface area contributed by atoms with Crippen LogP contribution in [0.15, 0.2) is 22.7 Å². The van der Waals surface area contributed by atoms with Gasteiger partial charge in [-0.25, -0.2) is 0 Å². The van der Waals surface area contributed by atoms with E-state index < -0.39 is 5.54 Å². The van der Waals surface area contributed by atoms with E-state index in [-0.39, 0.29) is 24.4 Å². The molecule has 0 bridgehead atoms. The minimum absolute atomic E-state index is 0.0854. The number of carbonyl (C=O) groups excluding carboxylic acids is 2. The minimum Gasteiger partial charge on any atom is -0.348 e. The lowest BCUT2D eigenvalue weighted by molar-refractivity contribution is -0.135. The van der Waals surface area contributed by atoms with Crippen molar-refractivity contribution in [3.8, 4) is 0 Å². The van der Waals surface area contributed by atoms with E-state index in [1.54, 1.807) is 18.7 Å². The van der Waals surface area contributed by atoms with Crippen molar-refractivity contribution in [2.45, 2.75) is 32.4 Å². The summed E-state index contributed by atoms with van der Waals surface area (Å²) in [5.41, 5.74) is 6.90. The lowest BCUT2D eigenvalue weighted by atomic mass is 9.97. The highest BCUT2D eigenvalue weighted by molar-refractivity contribution is 9.10. The molecule has 1 saturated heterocycles. The van der Waals surface area contributed by atoms with Crippen LogP contribution in [-0.2, 0) is 9.59 Å². The topological polar surface area (TPSA) is 75.4 Å². The third-order valence-electron chi connectivity index (χ3n) is 3.57. The maximum absolute atomic E-state index is 12.0. The molecule has 1 atom stereocenters. The first-order valence-electron chi connectivity index (χ1n) is 6.40. The molecule has 6 heteroatoms. The van der Waals surface area contributed by atoms with Crippen LogP contribution in [0.2, 0.25) is 0 Å². The van der Waals surface area contributed by atoms with Gasteiger partial charge in [0.2, 0.25) is 5.91 Å². The summed E-state index contributed by atoms with van der Waals surface area (Å²) in [6.07, 6.45) is 0. The predicted molar refractivity (Wildman–Crippen MR) is 81.3 cm³/mol. The van der Waals surface area contributed by atoms with E-state index in [1.807, 2.05) is 25.1 Å². The van der Waals surface area contributed by atoms with Crippen molar-refractivity contribution in [2.24, 2.45) is 5.73 Å². The van der Waals surface area contributed by atoms with E-state index in [4.69, 9.17) is 5.73 Å². The Morgan fingerprint density at radius 1 is 1.40 bits per heavy atom. The summed E-state index contributed by atoms with van der Waals surface area (Å²) in [6, 6.07) is 5.61. The van der Waals surface area contributed by atoms with Crippen LogP contribution in [-0.4, -0.2) is 23.9 Å². The van der Waals surface area contributed by atoms with Crippen molar-refractivity contribution in [1.82, 2.24) is 5.32 Å². The smallest absolute Gasteiger partial charge is 0.251 e. The number of piperazine rings is 1. The van der Waals surface area contributed by atoms with Gasteiger partial charge < -0.3 is 10.6 Å². The highest BCUT2D eigenvalue weighted by Crippen LogP contribution is 2.31. The Labute approximate surface area is 126 Å². The number of carbonyl (C=O) groups is 2. The van der Waals surface area contributed by atoms with Gasteiger partial charge in [0.15, 0.2) is 0 Å². The number of nitrogens with two attached hydrogens (primary N) is 1. The van der Waals surface area contributed by atoms with E-state index in [1.165, 1.54) is 0 Å². The lowest BCUT2D eigenvalue weighted by Gasteiger charge is -2.42. The van der Waals surface area contributed by atoms with Crippen molar-refractivity contribution in [3.63, 3.8) is 0 Å². The zero-order chi connectivity index (χ0) is 15.1. The van der Waals surface area contributed by atoms with Crippen LogP contribution in [0.3, 0.4) is 0 Å². The van der Waals surface area contributed by atoms with Crippen molar-refractivity contribution in [3.05, 3.63) is 28.2 Å². The Hall–Kier alpha value is -1.40. The van der Waals surface area contributed by atoms with E-state index in [0.717, 1.165) is 15.7 Å². The number of hydrogen-bond acceptors (Lipinski definition) is 4. The molecule has 108 valence electrons. The van der Waals surface area contributed by atoms with Crippen LogP contribution in [0.1, 0.15) is 32.4 Å². The summed E-state index contributed by atoms with van der Waals surface area (Å²) in [5, 5.41) is 2.36. The standard InChI is InChI=1S/C14H18BrN3O2/c1-8(16)10-5-4-9(6-11(10)15)18-7-12(19)17-13(20)14(18,2)3/h4-6,8H,7,16H2,1-3H3,(H,17,19,20). The maximum atomic E-state index is 12.0. The number of anilines is 1. The number of rotatable bonds is 2. The van der Waals surface area contributed by atoms with Crippen molar-refractivity contribution >= 4 is 33.4 Å². The molecule has 0 saturated carbocycles. The molecule has 1 aromatic carbocycles. The van der Waals surface area contributed by atoms with Crippen molar-refractivity contribution in [1.29, 1.82) is 0 Å². The van der Waals surface area contributed by atoms with Gasteiger partial charge in [-0.1, -0.05) is 22.0 Å². The maximum Gasteiger partial charge on any atom is 0.251 e. The lowest BCUT2D eigenvalue weighted by Crippen LogP contribution is -2.64. The van der Waals surface area contributed by atoms with Gasteiger partial charge in [0.05, 0.1) is 6.54 Å². The molecule has 1 unspecified atom stereocenters. The fraction of sp³-hybridized carbons (Fsp3) is 0.429. The van der Waals surface area contributed by atoms with Gasteiger partial charge in [0, 0.05) is 16.2 Å². The zero-order valence-corrected chi connectivity index (χ0v) is 13.3. The fourth-order valence-electron chi connectivity index (χ4n) is 2.25. The first kappa shape index (κ1) is 15.0. The number of halogens is 1. The summed E-state index contributed by atoms with van der Waals surface area (Å²) in [7, 11) is 0. The van der Waals surface area contributed by atoms with Gasteiger partial charge in [0.1, 0.15) is 5.54 Å². The average molecular weight is 340 g/mol. The summed E-state index contributed by atoms with van der Waals surface area (Å²) >= 11 is 3.49. The molecule has 0 spiro atoms. The average Bonchev–Trinajstić information content (AvgIpc) is 2.33. The monoisotopic (exact) mass is 339 g/mol. The molecule has 0 aliphatic carbocycles. The Morgan fingerprint density at radius 2 is 2.05 bits per heavy atom. The second-order valence-electron chi connectivity index (χ2n) is 5.52. The zero-order valence-electron chi connectivity index (χ0n) is 11.7. The van der Waals surface area contributed by atoms with E-state index in [2.05, 4.69) is 21.2 Å². The van der Waals surface area contributed by atoms with E-state index >= 15 is 0 Å². The van der Waals surface area contributed by atoms with Crippen LogP contribution in [0, 0.1) is 0 Å². The third-order valence-corrected chi connectivity index (χ3v) is 4.26. The van der Waals surface area contributed by atoms with Gasteiger partial charge >= 0.3 is 0 Å². The number of amides is 2. The van der Waals surface area contributed by atoms with Crippen LogP contribution in [0.4, 0.5) is 5.69 Å². The molecule has 1 fully saturated rings. The Kier molecular flexibility index (Phi) is 3.88. The Morgan fingerprint density at radius 3 is 2.60 bits per heavy atom. The SMILES string of the molecule is CC(N)c1ccc(N2CC(=O)NC(=O)C2(C)C)cc1Br. The second kappa shape index (κ2) is 5.18. The van der Waals surface area contributed by atoms with Crippen LogP contribution < -0.4 is 16.0 Å². The number of imide groups is 1. The summed E-state index contributed by atoms with van der Waals surface area (Å²) in [5.74, 6) is -0.581. The number of nitrogens with zero attached hydrogens (tertiary/aromatic N) is 1. The quantitative estimate of drug-likeness (QED) is 0.804. The fourth-order valence-corrected chi connectivity index (χ4v) is 2.98. The number of benzene rings is 1. The molecule has 0 radical (unpaired) electrons. The third kappa shape index (κ3) is 2.58. The Bertz CT molecular complexity index is 570. The molecule has 1 aliphatic rings. The molecular formula is C14H18BrN3O2. The van der Waals surface area contributed by atoms with Gasteiger partial charge in [-0.2, -0.15) is 0 Å². The molecule has 20 heavy (non-hydrogen) atoms. The number of hydrogen-bond donors (Lipinski definition) is 2. The highest BCUT2D eigenvalue weighted by atomic mass is 79.9. The minimum atomic E-state index is -0.775. The molecule has 1 heterocycles. The molecule has 2 amide bonds. The van der Waals surface area contributed by atoms with Gasteiger partial charge in [-0.05, 0) is 38.5 Å². The van der Waals surface area contributed by atoms with Crippen molar-refractivity contribution < 1.29 is 9.59 Å². The molecular weight excluding hydrogens is 322 g/mol. The molecule has 3 N–H and O–H groups in total. The summed E-state index contributed by atoms with van der Waals surface area (Å²) in [4.78, 5) is 25.4. The molecule has 5 nitrogen and oxygen atoms in total.